The first kappa shape index (κ1) is 20.9. The highest BCUT2D eigenvalue weighted by Crippen LogP contribution is 2.19. The molecular formula is C20H20FNO6. The van der Waals surface area contributed by atoms with Gasteiger partial charge in [-0.05, 0) is 36.2 Å². The smallest absolute Gasteiger partial charge is 0.338 e. The van der Waals surface area contributed by atoms with Crippen molar-refractivity contribution in [2.75, 3.05) is 27.4 Å². The summed E-state index contributed by atoms with van der Waals surface area (Å²) in [5.74, 6) is -1.95. The molecule has 2 aromatic carbocycles. The summed E-state index contributed by atoms with van der Waals surface area (Å²) in [4.78, 5) is 35.4. The van der Waals surface area contributed by atoms with E-state index in [0.29, 0.717) is 12.0 Å². The van der Waals surface area contributed by atoms with E-state index in [4.69, 9.17) is 4.74 Å². The van der Waals surface area contributed by atoms with Crippen LogP contribution in [0.4, 0.5) is 4.39 Å². The number of halogens is 1. The number of benzene rings is 2. The molecule has 0 spiro atoms. The third kappa shape index (κ3) is 5.80. The van der Waals surface area contributed by atoms with E-state index in [9.17, 15) is 18.8 Å². The minimum absolute atomic E-state index is 0.0837. The van der Waals surface area contributed by atoms with Crippen LogP contribution in [0.15, 0.2) is 42.5 Å². The molecule has 8 heteroatoms. The van der Waals surface area contributed by atoms with E-state index in [-0.39, 0.29) is 35.8 Å². The Hall–Kier alpha value is -3.42. The molecule has 2 rings (SSSR count). The van der Waals surface area contributed by atoms with Crippen LogP contribution in [-0.4, -0.2) is 45.2 Å². The lowest BCUT2D eigenvalue weighted by Crippen LogP contribution is -2.30. The molecule has 28 heavy (non-hydrogen) atoms. The normalized spacial score (nSPS) is 10.1. The summed E-state index contributed by atoms with van der Waals surface area (Å²) in [6.45, 7) is -0.110. The summed E-state index contributed by atoms with van der Waals surface area (Å²) in [6, 6.07) is 10.3. The number of ether oxygens (including phenoxy) is 3. The highest BCUT2D eigenvalue weighted by Gasteiger charge is 2.15. The summed E-state index contributed by atoms with van der Waals surface area (Å²) in [5.41, 5.74) is 0.665. The van der Waals surface area contributed by atoms with Gasteiger partial charge in [0.2, 0.25) is 0 Å². The summed E-state index contributed by atoms with van der Waals surface area (Å²) < 4.78 is 28.2. The Morgan fingerprint density at radius 2 is 1.57 bits per heavy atom. The molecule has 0 fully saturated rings. The highest BCUT2D eigenvalue weighted by molar-refractivity contribution is 5.96. The van der Waals surface area contributed by atoms with Crippen molar-refractivity contribution in [2.45, 2.75) is 6.42 Å². The zero-order valence-electron chi connectivity index (χ0n) is 15.5. The fraction of sp³-hybridized carbons (Fsp3) is 0.250. The molecule has 0 aromatic heterocycles. The number of amides is 1. The molecule has 148 valence electrons. The van der Waals surface area contributed by atoms with Gasteiger partial charge in [-0.2, -0.15) is 0 Å². The fourth-order valence-corrected chi connectivity index (χ4v) is 2.39. The first-order chi connectivity index (χ1) is 13.4. The van der Waals surface area contributed by atoms with Gasteiger partial charge in [0.25, 0.3) is 5.91 Å². The van der Waals surface area contributed by atoms with Gasteiger partial charge in [0.1, 0.15) is 11.6 Å². The maximum absolute atomic E-state index is 13.5. The van der Waals surface area contributed by atoms with Crippen molar-refractivity contribution >= 4 is 17.8 Å². The average Bonchev–Trinajstić information content (AvgIpc) is 2.72. The van der Waals surface area contributed by atoms with Gasteiger partial charge in [0, 0.05) is 6.54 Å². The molecule has 0 radical (unpaired) electrons. The quantitative estimate of drug-likeness (QED) is 0.696. The maximum atomic E-state index is 13.5. The van der Waals surface area contributed by atoms with Crippen LogP contribution in [0.3, 0.4) is 0 Å². The van der Waals surface area contributed by atoms with Crippen LogP contribution < -0.4 is 10.1 Å². The number of carbonyl (C=O) groups excluding carboxylic acids is 3. The predicted molar refractivity (Wildman–Crippen MR) is 97.7 cm³/mol. The Balaban J connectivity index is 1.95. The Morgan fingerprint density at radius 3 is 2.14 bits per heavy atom. The van der Waals surface area contributed by atoms with Crippen molar-refractivity contribution in [3.63, 3.8) is 0 Å². The number of esters is 2. The lowest BCUT2D eigenvalue weighted by Gasteiger charge is -2.10. The van der Waals surface area contributed by atoms with Gasteiger partial charge in [-0.1, -0.05) is 18.2 Å². The van der Waals surface area contributed by atoms with Crippen LogP contribution in [0, 0.1) is 5.82 Å². The Bertz CT molecular complexity index is 833. The number of methoxy groups -OCH3 is 2. The van der Waals surface area contributed by atoms with Gasteiger partial charge in [-0.3, -0.25) is 4.79 Å². The molecule has 1 amide bonds. The van der Waals surface area contributed by atoms with E-state index >= 15 is 0 Å². The van der Waals surface area contributed by atoms with Crippen molar-refractivity contribution in [1.82, 2.24) is 5.32 Å². The molecule has 0 atom stereocenters. The lowest BCUT2D eigenvalue weighted by atomic mass is 10.1. The molecule has 0 saturated heterocycles. The van der Waals surface area contributed by atoms with Gasteiger partial charge >= 0.3 is 11.9 Å². The molecular weight excluding hydrogens is 369 g/mol. The molecule has 0 saturated carbocycles. The topological polar surface area (TPSA) is 90.9 Å². The number of hydrogen-bond acceptors (Lipinski definition) is 6. The van der Waals surface area contributed by atoms with Gasteiger partial charge in [0.15, 0.2) is 6.61 Å². The van der Waals surface area contributed by atoms with Gasteiger partial charge < -0.3 is 19.5 Å². The maximum Gasteiger partial charge on any atom is 0.338 e. The molecule has 0 aliphatic carbocycles. The van der Waals surface area contributed by atoms with E-state index in [1.165, 1.54) is 38.5 Å². The molecule has 0 unspecified atom stereocenters. The van der Waals surface area contributed by atoms with Gasteiger partial charge in [0.05, 0.1) is 25.3 Å². The number of nitrogens with one attached hydrogen (secondary N) is 1. The summed E-state index contributed by atoms with van der Waals surface area (Å²) in [6.07, 6.45) is 0.336. The van der Waals surface area contributed by atoms with Crippen molar-refractivity contribution in [2.24, 2.45) is 0 Å². The van der Waals surface area contributed by atoms with E-state index in [1.54, 1.807) is 18.2 Å². The first-order valence-electron chi connectivity index (χ1n) is 8.39. The Morgan fingerprint density at radius 1 is 0.964 bits per heavy atom. The van der Waals surface area contributed by atoms with Crippen LogP contribution in [0.2, 0.25) is 0 Å². The number of carbonyl (C=O) groups is 3. The zero-order valence-corrected chi connectivity index (χ0v) is 15.5. The van der Waals surface area contributed by atoms with E-state index < -0.39 is 17.8 Å². The minimum Gasteiger partial charge on any atom is -0.484 e. The average molecular weight is 389 g/mol. The third-order valence-corrected chi connectivity index (χ3v) is 3.79. The van der Waals surface area contributed by atoms with Crippen molar-refractivity contribution < 1.29 is 33.0 Å². The van der Waals surface area contributed by atoms with Crippen LogP contribution in [0.5, 0.6) is 5.75 Å². The summed E-state index contributed by atoms with van der Waals surface area (Å²) >= 11 is 0. The number of hydrogen-bond donors (Lipinski definition) is 1. The predicted octanol–water partition coefficient (Wildman–Crippen LogP) is 2.14. The van der Waals surface area contributed by atoms with E-state index in [2.05, 4.69) is 14.8 Å². The van der Waals surface area contributed by atoms with Crippen LogP contribution in [0.1, 0.15) is 26.3 Å². The lowest BCUT2D eigenvalue weighted by molar-refractivity contribution is -0.123. The molecule has 0 aliphatic heterocycles. The van der Waals surface area contributed by atoms with Crippen molar-refractivity contribution in [1.29, 1.82) is 0 Å². The van der Waals surface area contributed by atoms with Crippen LogP contribution in [0.25, 0.3) is 0 Å². The SMILES string of the molecule is COC(=O)c1cc(OCC(=O)NCCc2ccccc2F)cc(C(=O)OC)c1. The van der Waals surface area contributed by atoms with Gasteiger partial charge in [-0.15, -0.1) is 0 Å². The Labute approximate surface area is 161 Å². The van der Waals surface area contributed by atoms with Crippen molar-refractivity contribution in [3.05, 3.63) is 65.0 Å². The van der Waals surface area contributed by atoms with E-state index in [0.717, 1.165) is 0 Å². The second-order valence-electron chi connectivity index (χ2n) is 5.71. The van der Waals surface area contributed by atoms with Crippen LogP contribution in [-0.2, 0) is 20.7 Å². The molecule has 0 bridgehead atoms. The molecule has 0 aliphatic rings. The molecule has 1 N–H and O–H groups in total. The molecule has 0 heterocycles. The second kappa shape index (κ2) is 10.1. The highest BCUT2D eigenvalue weighted by atomic mass is 19.1. The van der Waals surface area contributed by atoms with Crippen molar-refractivity contribution in [3.8, 4) is 5.75 Å². The monoisotopic (exact) mass is 389 g/mol. The minimum atomic E-state index is -0.662. The summed E-state index contributed by atoms with van der Waals surface area (Å²) in [7, 11) is 2.41. The van der Waals surface area contributed by atoms with Gasteiger partial charge in [-0.25, -0.2) is 14.0 Å². The zero-order chi connectivity index (χ0) is 20.5. The molecule has 7 nitrogen and oxygen atoms in total. The van der Waals surface area contributed by atoms with Crippen LogP contribution >= 0.6 is 0 Å². The Kier molecular flexibility index (Phi) is 7.50. The molecule has 2 aromatic rings. The first-order valence-corrected chi connectivity index (χ1v) is 8.39. The largest absolute Gasteiger partial charge is 0.484 e. The standard InChI is InChI=1S/C20H20FNO6/c1-26-19(24)14-9-15(20(25)27-2)11-16(10-14)28-12-18(23)22-8-7-13-5-3-4-6-17(13)21/h3-6,9-11H,7-8,12H2,1-2H3,(H,22,23). The third-order valence-electron chi connectivity index (χ3n) is 3.79. The number of rotatable bonds is 8. The second-order valence-corrected chi connectivity index (χ2v) is 5.71. The van der Waals surface area contributed by atoms with E-state index in [1.807, 2.05) is 0 Å². The fourth-order valence-electron chi connectivity index (χ4n) is 2.39. The summed E-state index contributed by atoms with van der Waals surface area (Å²) in [5, 5.41) is 2.61.